The SMILES string of the molecule is Cl.Cl.O=C(C=Cc1ccc(N[C@@H]2CCN(Cc3ccc(Cl)cc3)C2)nc1)NO. The number of rotatable bonds is 6. The van der Waals surface area contributed by atoms with Crippen molar-refractivity contribution in [1.82, 2.24) is 15.4 Å². The molecule has 0 saturated carbocycles. The van der Waals surface area contributed by atoms with Crippen LogP contribution in [0.25, 0.3) is 6.08 Å². The van der Waals surface area contributed by atoms with E-state index in [0.29, 0.717) is 6.04 Å². The molecule has 1 atom stereocenters. The maximum atomic E-state index is 11.0. The molecular formula is C19H23Cl3N4O2. The van der Waals surface area contributed by atoms with Gasteiger partial charge in [0.2, 0.25) is 0 Å². The summed E-state index contributed by atoms with van der Waals surface area (Å²) < 4.78 is 0. The lowest BCUT2D eigenvalue weighted by Crippen LogP contribution is -2.26. The van der Waals surface area contributed by atoms with Crippen molar-refractivity contribution >= 4 is 54.2 Å². The van der Waals surface area contributed by atoms with Gasteiger partial charge in [-0.2, -0.15) is 0 Å². The van der Waals surface area contributed by atoms with Gasteiger partial charge >= 0.3 is 0 Å². The molecule has 9 heteroatoms. The fraction of sp³-hybridized carbons (Fsp3) is 0.263. The largest absolute Gasteiger partial charge is 0.366 e. The number of carbonyl (C=O) groups is 1. The van der Waals surface area contributed by atoms with E-state index in [0.717, 1.165) is 42.5 Å². The molecule has 1 aliphatic rings. The Morgan fingerprint density at radius 3 is 2.64 bits per heavy atom. The van der Waals surface area contributed by atoms with Crippen LogP contribution in [0.15, 0.2) is 48.7 Å². The lowest BCUT2D eigenvalue weighted by atomic mass is 10.2. The second kappa shape index (κ2) is 11.9. The number of carbonyl (C=O) groups excluding carboxylic acids is 1. The molecule has 152 valence electrons. The van der Waals surface area contributed by atoms with E-state index < -0.39 is 5.91 Å². The molecule has 1 aromatic heterocycles. The van der Waals surface area contributed by atoms with Crippen LogP contribution in [0, 0.1) is 0 Å². The highest BCUT2D eigenvalue weighted by Crippen LogP contribution is 2.18. The van der Waals surface area contributed by atoms with Crippen LogP contribution in [0.5, 0.6) is 0 Å². The minimum Gasteiger partial charge on any atom is -0.366 e. The predicted molar refractivity (Wildman–Crippen MR) is 116 cm³/mol. The Labute approximate surface area is 181 Å². The molecule has 3 rings (SSSR count). The van der Waals surface area contributed by atoms with E-state index in [2.05, 4.69) is 27.3 Å². The van der Waals surface area contributed by atoms with Crippen molar-refractivity contribution in [2.45, 2.75) is 19.0 Å². The molecule has 0 spiro atoms. The summed E-state index contributed by atoms with van der Waals surface area (Å²) in [7, 11) is 0. The maximum absolute atomic E-state index is 11.0. The van der Waals surface area contributed by atoms with Gasteiger partial charge in [0.1, 0.15) is 5.82 Å². The van der Waals surface area contributed by atoms with Gasteiger partial charge in [-0.1, -0.05) is 23.7 Å². The zero-order chi connectivity index (χ0) is 18.4. The van der Waals surface area contributed by atoms with Crippen LogP contribution >= 0.6 is 36.4 Å². The highest BCUT2D eigenvalue weighted by atomic mass is 35.5. The quantitative estimate of drug-likeness (QED) is 0.358. The van der Waals surface area contributed by atoms with E-state index in [9.17, 15) is 4.79 Å². The molecule has 1 amide bonds. The molecule has 1 fully saturated rings. The maximum Gasteiger partial charge on any atom is 0.267 e. The molecule has 1 aromatic carbocycles. The summed E-state index contributed by atoms with van der Waals surface area (Å²) in [5.41, 5.74) is 3.60. The molecule has 1 aliphatic heterocycles. The van der Waals surface area contributed by atoms with Crippen LogP contribution < -0.4 is 10.8 Å². The smallest absolute Gasteiger partial charge is 0.267 e. The molecule has 2 heterocycles. The van der Waals surface area contributed by atoms with E-state index in [-0.39, 0.29) is 24.8 Å². The van der Waals surface area contributed by atoms with Crippen molar-refractivity contribution in [2.24, 2.45) is 0 Å². The third kappa shape index (κ3) is 7.30. The fourth-order valence-corrected chi connectivity index (χ4v) is 3.08. The minimum atomic E-state index is -0.570. The van der Waals surface area contributed by atoms with Gasteiger partial charge in [0, 0.05) is 43.0 Å². The summed E-state index contributed by atoms with van der Waals surface area (Å²) in [5.74, 6) is 0.242. The molecule has 0 radical (unpaired) electrons. The Morgan fingerprint density at radius 2 is 2.00 bits per heavy atom. The second-order valence-corrected chi connectivity index (χ2v) is 6.71. The van der Waals surface area contributed by atoms with Crippen molar-refractivity contribution in [3.05, 3.63) is 64.8 Å². The predicted octanol–water partition coefficient (Wildman–Crippen LogP) is 3.78. The lowest BCUT2D eigenvalue weighted by molar-refractivity contribution is -0.124. The summed E-state index contributed by atoms with van der Waals surface area (Å²) in [6.07, 6.45) is 5.58. The van der Waals surface area contributed by atoms with E-state index >= 15 is 0 Å². The number of likely N-dealkylation sites (tertiary alicyclic amines) is 1. The Balaban J connectivity index is 0.00000196. The lowest BCUT2D eigenvalue weighted by Gasteiger charge is -2.17. The normalized spacial score (nSPS) is 16.3. The van der Waals surface area contributed by atoms with Crippen molar-refractivity contribution in [3.8, 4) is 0 Å². The third-order valence-corrected chi connectivity index (χ3v) is 4.52. The number of nitrogens with zero attached hydrogens (tertiary/aromatic N) is 2. The number of hydrogen-bond donors (Lipinski definition) is 3. The summed E-state index contributed by atoms with van der Waals surface area (Å²) in [6.45, 7) is 2.92. The minimum absolute atomic E-state index is 0. The van der Waals surface area contributed by atoms with Crippen LogP contribution in [0.1, 0.15) is 17.5 Å². The van der Waals surface area contributed by atoms with Gasteiger partial charge in [0.25, 0.3) is 5.91 Å². The van der Waals surface area contributed by atoms with Crippen molar-refractivity contribution in [2.75, 3.05) is 18.4 Å². The number of halogens is 3. The molecule has 0 bridgehead atoms. The molecule has 1 saturated heterocycles. The van der Waals surface area contributed by atoms with Crippen molar-refractivity contribution < 1.29 is 10.0 Å². The first kappa shape index (κ1) is 24.2. The number of hydroxylamine groups is 1. The number of benzene rings is 1. The Kier molecular flexibility index (Phi) is 10.3. The van der Waals surface area contributed by atoms with Gasteiger partial charge < -0.3 is 5.32 Å². The topological polar surface area (TPSA) is 77.5 Å². The van der Waals surface area contributed by atoms with Crippen LogP contribution in [0.3, 0.4) is 0 Å². The van der Waals surface area contributed by atoms with Gasteiger partial charge in [-0.25, -0.2) is 10.5 Å². The number of pyridine rings is 1. The Hall–Kier alpha value is -1.83. The first-order chi connectivity index (χ1) is 12.6. The first-order valence-corrected chi connectivity index (χ1v) is 8.82. The average Bonchev–Trinajstić information content (AvgIpc) is 3.09. The van der Waals surface area contributed by atoms with Gasteiger partial charge in [-0.3, -0.25) is 14.9 Å². The summed E-state index contributed by atoms with van der Waals surface area (Å²) in [6, 6.07) is 12.1. The molecule has 6 nitrogen and oxygen atoms in total. The number of nitrogens with one attached hydrogen (secondary N) is 2. The van der Waals surface area contributed by atoms with Crippen LogP contribution in [0.2, 0.25) is 5.02 Å². The van der Waals surface area contributed by atoms with Gasteiger partial charge in [0.15, 0.2) is 0 Å². The highest BCUT2D eigenvalue weighted by Gasteiger charge is 2.22. The van der Waals surface area contributed by atoms with Crippen LogP contribution in [-0.4, -0.2) is 40.1 Å². The van der Waals surface area contributed by atoms with Crippen molar-refractivity contribution in [1.29, 1.82) is 0 Å². The molecule has 3 N–H and O–H groups in total. The summed E-state index contributed by atoms with van der Waals surface area (Å²) in [4.78, 5) is 17.8. The monoisotopic (exact) mass is 444 g/mol. The molecular weight excluding hydrogens is 423 g/mol. The van der Waals surface area contributed by atoms with E-state index in [4.69, 9.17) is 16.8 Å². The molecule has 0 aliphatic carbocycles. The van der Waals surface area contributed by atoms with E-state index in [1.807, 2.05) is 24.3 Å². The summed E-state index contributed by atoms with van der Waals surface area (Å²) in [5, 5.41) is 12.7. The van der Waals surface area contributed by atoms with Crippen LogP contribution in [0.4, 0.5) is 5.82 Å². The van der Waals surface area contributed by atoms with Gasteiger partial charge in [-0.15, -0.1) is 24.8 Å². The Bertz CT molecular complexity index is 770. The highest BCUT2D eigenvalue weighted by molar-refractivity contribution is 6.30. The van der Waals surface area contributed by atoms with Crippen molar-refractivity contribution in [3.63, 3.8) is 0 Å². The van der Waals surface area contributed by atoms with E-state index in [1.54, 1.807) is 17.8 Å². The second-order valence-electron chi connectivity index (χ2n) is 6.28. The molecule has 28 heavy (non-hydrogen) atoms. The number of aromatic nitrogens is 1. The van der Waals surface area contributed by atoms with Gasteiger partial charge in [-0.05, 0) is 47.9 Å². The number of hydrogen-bond acceptors (Lipinski definition) is 5. The standard InChI is InChI=1S/C19H21ClN4O2.2ClH/c20-16-5-1-15(2-6-16)12-24-10-9-17(13-24)22-18-7-3-14(11-21-18)4-8-19(25)23-26;;/h1-8,11,17,26H,9-10,12-13H2,(H,21,22)(H,23,25);2*1H/t17-;;/m1../s1. The molecule has 2 aromatic rings. The summed E-state index contributed by atoms with van der Waals surface area (Å²) >= 11 is 5.93. The zero-order valence-electron chi connectivity index (χ0n) is 15.0. The van der Waals surface area contributed by atoms with E-state index in [1.165, 1.54) is 11.6 Å². The number of anilines is 1. The Morgan fingerprint density at radius 1 is 1.25 bits per heavy atom. The zero-order valence-corrected chi connectivity index (χ0v) is 17.4. The van der Waals surface area contributed by atoms with Crippen LogP contribution in [-0.2, 0) is 11.3 Å². The number of amides is 1. The third-order valence-electron chi connectivity index (χ3n) is 4.27. The van der Waals surface area contributed by atoms with Gasteiger partial charge in [0.05, 0.1) is 0 Å². The fourth-order valence-electron chi connectivity index (χ4n) is 2.95. The molecule has 0 unspecified atom stereocenters. The first-order valence-electron chi connectivity index (χ1n) is 8.44. The average molecular weight is 446 g/mol.